The summed E-state index contributed by atoms with van der Waals surface area (Å²) in [5.41, 5.74) is 1.50. The third-order valence-corrected chi connectivity index (χ3v) is 3.55. The van der Waals surface area contributed by atoms with Gasteiger partial charge in [-0.05, 0) is 26.2 Å². The number of rotatable bonds is 3. The van der Waals surface area contributed by atoms with Gasteiger partial charge < -0.3 is 9.84 Å². The molecule has 0 spiro atoms. The summed E-state index contributed by atoms with van der Waals surface area (Å²) in [5, 5.41) is 14.3. The molecule has 1 N–H and O–H groups in total. The number of carboxylic acids is 1. The highest BCUT2D eigenvalue weighted by Gasteiger charge is 2.26. The molecular formula is C13H15N3O3. The number of aromatic nitrogens is 3. The van der Waals surface area contributed by atoms with Crippen LogP contribution in [0.25, 0.3) is 11.0 Å². The zero-order valence-electron chi connectivity index (χ0n) is 10.9. The number of fused-ring (bicyclic) bond motifs is 1. The molecule has 0 aliphatic heterocycles. The van der Waals surface area contributed by atoms with E-state index in [1.807, 2.05) is 6.92 Å². The van der Waals surface area contributed by atoms with Gasteiger partial charge in [-0.15, -0.1) is 0 Å². The van der Waals surface area contributed by atoms with E-state index in [0.717, 1.165) is 25.0 Å². The van der Waals surface area contributed by atoms with Crippen molar-refractivity contribution in [3.05, 3.63) is 17.5 Å². The molecule has 2 aromatic rings. The zero-order chi connectivity index (χ0) is 13.6. The van der Waals surface area contributed by atoms with Gasteiger partial charge in [-0.2, -0.15) is 5.10 Å². The molecule has 1 saturated carbocycles. The Bertz CT molecular complexity index is 659. The van der Waals surface area contributed by atoms with Crippen LogP contribution in [0.1, 0.15) is 35.3 Å². The van der Waals surface area contributed by atoms with Crippen LogP contribution in [0.4, 0.5) is 0 Å². The highest BCUT2D eigenvalue weighted by Crippen LogP contribution is 2.34. The van der Waals surface area contributed by atoms with E-state index in [1.54, 1.807) is 11.7 Å². The van der Waals surface area contributed by atoms with Crippen molar-refractivity contribution in [1.82, 2.24) is 14.8 Å². The van der Waals surface area contributed by atoms with Gasteiger partial charge in [-0.3, -0.25) is 4.68 Å². The second-order valence-electron chi connectivity index (χ2n) is 4.88. The minimum absolute atomic E-state index is 0.107. The average Bonchev–Trinajstić information content (AvgIpc) is 2.59. The summed E-state index contributed by atoms with van der Waals surface area (Å²) in [6, 6.07) is 0. The van der Waals surface area contributed by atoms with Gasteiger partial charge in [-0.1, -0.05) is 0 Å². The first-order chi connectivity index (χ1) is 9.08. The van der Waals surface area contributed by atoms with E-state index in [0.29, 0.717) is 16.8 Å². The van der Waals surface area contributed by atoms with Crippen molar-refractivity contribution in [3.8, 4) is 5.75 Å². The fraction of sp³-hybridized carbons (Fsp3) is 0.462. The second-order valence-corrected chi connectivity index (χ2v) is 4.88. The number of aromatic carboxylic acids is 1. The van der Waals surface area contributed by atoms with Crippen LogP contribution in [-0.4, -0.2) is 31.9 Å². The number of hydrogen-bond acceptors (Lipinski definition) is 4. The van der Waals surface area contributed by atoms with E-state index in [1.165, 1.54) is 6.20 Å². The van der Waals surface area contributed by atoms with Crippen LogP contribution in [0.15, 0.2) is 6.20 Å². The summed E-state index contributed by atoms with van der Waals surface area (Å²) in [4.78, 5) is 15.5. The van der Waals surface area contributed by atoms with Gasteiger partial charge in [0.15, 0.2) is 5.65 Å². The van der Waals surface area contributed by atoms with Crippen LogP contribution in [0.5, 0.6) is 5.75 Å². The molecule has 6 nitrogen and oxygen atoms in total. The minimum Gasteiger partial charge on any atom is -0.489 e. The lowest BCUT2D eigenvalue weighted by molar-refractivity contribution is 0.0680. The first-order valence-electron chi connectivity index (χ1n) is 6.30. The topological polar surface area (TPSA) is 77.2 Å². The zero-order valence-corrected chi connectivity index (χ0v) is 10.9. The molecule has 0 unspecified atom stereocenters. The second kappa shape index (κ2) is 4.22. The Morgan fingerprint density at radius 2 is 2.26 bits per heavy atom. The van der Waals surface area contributed by atoms with Crippen LogP contribution in [0.2, 0.25) is 0 Å². The number of pyridine rings is 1. The van der Waals surface area contributed by atoms with Gasteiger partial charge in [0.1, 0.15) is 11.3 Å². The molecule has 0 bridgehead atoms. The van der Waals surface area contributed by atoms with Gasteiger partial charge >= 0.3 is 5.97 Å². The number of aryl methyl sites for hydroxylation is 2. The van der Waals surface area contributed by atoms with Gasteiger partial charge in [-0.25, -0.2) is 9.78 Å². The Balaban J connectivity index is 2.21. The van der Waals surface area contributed by atoms with Crippen LogP contribution < -0.4 is 4.74 Å². The van der Waals surface area contributed by atoms with Crippen molar-refractivity contribution in [2.75, 3.05) is 0 Å². The maximum absolute atomic E-state index is 11.3. The largest absolute Gasteiger partial charge is 0.489 e. The Kier molecular flexibility index (Phi) is 2.66. The van der Waals surface area contributed by atoms with Crippen LogP contribution >= 0.6 is 0 Å². The third kappa shape index (κ3) is 1.83. The first kappa shape index (κ1) is 12.0. The van der Waals surface area contributed by atoms with Crippen LogP contribution in [0.3, 0.4) is 0 Å². The number of carboxylic acid groups (broad SMARTS) is 1. The summed E-state index contributed by atoms with van der Waals surface area (Å²) >= 11 is 0. The molecule has 100 valence electrons. The molecule has 1 fully saturated rings. The van der Waals surface area contributed by atoms with E-state index in [2.05, 4.69) is 10.1 Å². The quantitative estimate of drug-likeness (QED) is 0.913. The Hall–Kier alpha value is -2.11. The highest BCUT2D eigenvalue weighted by atomic mass is 16.5. The maximum Gasteiger partial charge on any atom is 0.341 e. The predicted molar refractivity (Wildman–Crippen MR) is 68.5 cm³/mol. The average molecular weight is 261 g/mol. The molecule has 1 aliphatic rings. The van der Waals surface area contributed by atoms with Crippen LogP contribution in [0, 0.1) is 6.92 Å². The smallest absolute Gasteiger partial charge is 0.341 e. The van der Waals surface area contributed by atoms with Crippen molar-refractivity contribution in [1.29, 1.82) is 0 Å². The molecule has 0 aromatic carbocycles. The molecule has 1 aliphatic carbocycles. The lowest BCUT2D eigenvalue weighted by Crippen LogP contribution is -2.25. The summed E-state index contributed by atoms with van der Waals surface area (Å²) in [7, 11) is 1.79. The monoisotopic (exact) mass is 261 g/mol. The highest BCUT2D eigenvalue weighted by molar-refractivity contribution is 5.98. The number of ether oxygens (including phenoxy) is 1. The van der Waals surface area contributed by atoms with Crippen LogP contribution in [-0.2, 0) is 7.05 Å². The van der Waals surface area contributed by atoms with E-state index in [-0.39, 0.29) is 11.7 Å². The van der Waals surface area contributed by atoms with Gasteiger partial charge in [0.05, 0.1) is 17.2 Å². The lowest BCUT2D eigenvalue weighted by atomic mass is 9.96. The first-order valence-corrected chi connectivity index (χ1v) is 6.30. The molecule has 0 saturated heterocycles. The Morgan fingerprint density at radius 1 is 1.53 bits per heavy atom. The molecule has 0 atom stereocenters. The van der Waals surface area contributed by atoms with Gasteiger partial charge in [0, 0.05) is 13.2 Å². The van der Waals surface area contributed by atoms with Crippen molar-refractivity contribution in [2.45, 2.75) is 32.3 Å². The molecule has 2 heterocycles. The van der Waals surface area contributed by atoms with Crippen molar-refractivity contribution in [2.24, 2.45) is 7.05 Å². The lowest BCUT2D eigenvalue weighted by Gasteiger charge is -2.27. The summed E-state index contributed by atoms with van der Waals surface area (Å²) in [5.74, 6) is -0.611. The fourth-order valence-electron chi connectivity index (χ4n) is 2.31. The number of hydrogen-bond donors (Lipinski definition) is 1. The van der Waals surface area contributed by atoms with E-state index >= 15 is 0 Å². The van der Waals surface area contributed by atoms with E-state index in [4.69, 9.17) is 4.74 Å². The van der Waals surface area contributed by atoms with E-state index in [9.17, 15) is 9.90 Å². The van der Waals surface area contributed by atoms with Gasteiger partial charge in [0.25, 0.3) is 0 Å². The van der Waals surface area contributed by atoms with Crippen molar-refractivity contribution in [3.63, 3.8) is 0 Å². The molecule has 0 radical (unpaired) electrons. The summed E-state index contributed by atoms with van der Waals surface area (Å²) in [6.07, 6.45) is 4.54. The Labute approximate surface area is 110 Å². The van der Waals surface area contributed by atoms with Gasteiger partial charge in [0.2, 0.25) is 0 Å². The summed E-state index contributed by atoms with van der Waals surface area (Å²) < 4.78 is 7.52. The van der Waals surface area contributed by atoms with E-state index < -0.39 is 5.97 Å². The predicted octanol–water partition coefficient (Wildman–Crippen LogP) is 1.91. The maximum atomic E-state index is 11.3. The molecular weight excluding hydrogens is 246 g/mol. The SMILES string of the molecule is Cc1nn(C)c2ncc(C(=O)O)c(OC3CCC3)c12. The fourth-order valence-corrected chi connectivity index (χ4v) is 2.31. The third-order valence-electron chi connectivity index (χ3n) is 3.55. The standard InChI is InChI=1S/C13H15N3O3/c1-7-10-11(19-8-4-3-5-8)9(13(17)18)6-14-12(10)16(2)15-7/h6,8H,3-5H2,1-2H3,(H,17,18). The Morgan fingerprint density at radius 3 is 2.84 bits per heavy atom. The van der Waals surface area contributed by atoms with Crippen molar-refractivity contribution >= 4 is 17.0 Å². The molecule has 2 aromatic heterocycles. The normalized spacial score (nSPS) is 15.5. The molecule has 0 amide bonds. The minimum atomic E-state index is -1.02. The number of nitrogens with zero attached hydrogens (tertiary/aromatic N) is 3. The number of carbonyl (C=O) groups is 1. The molecule has 6 heteroatoms. The van der Waals surface area contributed by atoms with Crippen molar-refractivity contribution < 1.29 is 14.6 Å². The molecule has 3 rings (SSSR count). The summed E-state index contributed by atoms with van der Waals surface area (Å²) in [6.45, 7) is 1.84. The molecule has 19 heavy (non-hydrogen) atoms.